The number of aliphatic hydroxyl groups excluding tert-OH is 1. The van der Waals surface area contributed by atoms with Crippen LogP contribution in [-0.4, -0.2) is 53.5 Å². The lowest BCUT2D eigenvalue weighted by Gasteiger charge is -2.20. The maximum Gasteiger partial charge on any atom is 0.262 e. The van der Waals surface area contributed by atoms with Gasteiger partial charge in [0.25, 0.3) is 10.0 Å². The van der Waals surface area contributed by atoms with Gasteiger partial charge in [0.2, 0.25) is 0 Å². The number of anilines is 1. The molecule has 0 aliphatic carbocycles. The first-order valence-corrected chi connectivity index (χ1v) is 9.18. The number of hydrogen-bond acceptors (Lipinski definition) is 6. The monoisotopic (exact) mass is 332 g/mol. The van der Waals surface area contributed by atoms with Crippen molar-refractivity contribution in [2.24, 2.45) is 0 Å². The van der Waals surface area contributed by atoms with Crippen molar-refractivity contribution in [3.05, 3.63) is 11.6 Å². The largest absolute Gasteiger partial charge is 0.396 e. The van der Waals surface area contributed by atoms with Crippen LogP contribution in [0.4, 0.5) is 5.82 Å². The van der Waals surface area contributed by atoms with Crippen molar-refractivity contribution in [1.29, 1.82) is 0 Å². The Morgan fingerprint density at radius 1 is 1.48 bits per heavy atom. The van der Waals surface area contributed by atoms with Crippen LogP contribution in [0, 0.1) is 0 Å². The van der Waals surface area contributed by atoms with Gasteiger partial charge in [-0.25, -0.2) is 13.4 Å². The van der Waals surface area contributed by atoms with Gasteiger partial charge < -0.3 is 10.4 Å². The summed E-state index contributed by atoms with van der Waals surface area (Å²) < 4.78 is 28.7. The third-order valence-corrected chi connectivity index (χ3v) is 5.82. The first-order chi connectivity index (χ1) is 10.1. The first-order valence-electron chi connectivity index (χ1n) is 6.86. The Hall–Kier alpha value is -1.16. The highest BCUT2D eigenvalue weighted by atomic mass is 32.2. The molecule has 0 unspecified atom stereocenters. The van der Waals surface area contributed by atoms with E-state index in [1.807, 2.05) is 6.92 Å². The van der Waals surface area contributed by atoms with E-state index in [0.717, 1.165) is 0 Å². The minimum Gasteiger partial charge on any atom is -0.396 e. The molecule has 118 valence electrons. The molecule has 0 bridgehead atoms. The molecule has 0 spiro atoms. The zero-order valence-electron chi connectivity index (χ0n) is 12.1. The first kappa shape index (κ1) is 16.2. The molecule has 2 N–H and O–H groups in total. The Bertz CT molecular complexity index is 692. The van der Waals surface area contributed by atoms with Crippen LogP contribution >= 0.6 is 11.3 Å². The van der Waals surface area contributed by atoms with Crippen LogP contribution < -0.4 is 5.32 Å². The number of aromatic nitrogens is 2. The molecule has 21 heavy (non-hydrogen) atoms. The van der Waals surface area contributed by atoms with Crippen molar-refractivity contribution in [3.63, 3.8) is 0 Å². The molecule has 0 aliphatic rings. The van der Waals surface area contributed by atoms with E-state index >= 15 is 0 Å². The van der Waals surface area contributed by atoms with Crippen molar-refractivity contribution in [1.82, 2.24) is 13.7 Å². The molecule has 0 atom stereocenters. The lowest BCUT2D eigenvalue weighted by atomic mass is 10.4. The fourth-order valence-corrected chi connectivity index (χ4v) is 4.60. The van der Waals surface area contributed by atoms with E-state index in [0.29, 0.717) is 30.3 Å². The predicted octanol–water partition coefficient (Wildman–Crippen LogP) is 1.22. The van der Waals surface area contributed by atoms with Crippen molar-refractivity contribution in [3.8, 4) is 0 Å². The highest BCUT2D eigenvalue weighted by Crippen LogP contribution is 2.28. The molecule has 0 saturated heterocycles. The molecule has 2 aromatic heterocycles. The number of imidazole rings is 1. The molecular formula is C12H20N4O3S2. The predicted molar refractivity (Wildman–Crippen MR) is 83.4 cm³/mol. The van der Waals surface area contributed by atoms with Gasteiger partial charge in [0, 0.05) is 37.8 Å². The third-order valence-electron chi connectivity index (χ3n) is 3.07. The van der Waals surface area contributed by atoms with Gasteiger partial charge in [0.15, 0.2) is 15.8 Å². The van der Waals surface area contributed by atoms with E-state index in [9.17, 15) is 8.42 Å². The van der Waals surface area contributed by atoms with Crippen molar-refractivity contribution in [2.45, 2.75) is 25.3 Å². The van der Waals surface area contributed by atoms with E-state index in [2.05, 4.69) is 10.3 Å². The van der Waals surface area contributed by atoms with Gasteiger partial charge in [-0.2, -0.15) is 4.31 Å². The van der Waals surface area contributed by atoms with Crippen molar-refractivity contribution in [2.75, 3.05) is 31.6 Å². The second kappa shape index (κ2) is 6.73. The second-order valence-corrected chi connectivity index (χ2v) is 7.15. The molecule has 0 aliphatic heterocycles. The molecule has 2 aromatic rings. The number of nitrogens with one attached hydrogen (secondary N) is 1. The molecular weight excluding hydrogens is 312 g/mol. The van der Waals surface area contributed by atoms with Gasteiger partial charge >= 0.3 is 0 Å². The Balaban J connectivity index is 2.51. The van der Waals surface area contributed by atoms with E-state index in [-0.39, 0.29) is 18.2 Å². The zero-order valence-corrected chi connectivity index (χ0v) is 13.7. The van der Waals surface area contributed by atoms with Gasteiger partial charge in [-0.3, -0.25) is 4.40 Å². The van der Waals surface area contributed by atoms with Crippen LogP contribution in [-0.2, 0) is 10.0 Å². The number of sulfonamides is 1. The van der Waals surface area contributed by atoms with Crippen LogP contribution in [0.3, 0.4) is 0 Å². The minimum absolute atomic E-state index is 0.0354. The SMILES string of the molecule is CCNc1nc2sccn2c1S(=O)(=O)N(CC)CCCO. The molecule has 0 amide bonds. The molecule has 0 radical (unpaired) electrons. The Morgan fingerprint density at radius 2 is 2.24 bits per heavy atom. The summed E-state index contributed by atoms with van der Waals surface area (Å²) in [5, 5.41) is 13.9. The number of aliphatic hydroxyl groups is 1. The second-order valence-electron chi connectivity index (χ2n) is 4.43. The number of nitrogens with zero attached hydrogens (tertiary/aromatic N) is 3. The Morgan fingerprint density at radius 3 is 2.86 bits per heavy atom. The minimum atomic E-state index is -3.66. The summed E-state index contributed by atoms with van der Waals surface area (Å²) in [6.45, 7) is 4.88. The summed E-state index contributed by atoms with van der Waals surface area (Å²) in [6, 6.07) is 0. The average Bonchev–Trinajstić information content (AvgIpc) is 2.99. The Kier molecular flexibility index (Phi) is 5.20. The molecule has 7 nitrogen and oxygen atoms in total. The van der Waals surface area contributed by atoms with Gasteiger partial charge in [-0.15, -0.1) is 11.3 Å². The van der Waals surface area contributed by atoms with Crippen LogP contribution in [0.5, 0.6) is 0 Å². The van der Waals surface area contributed by atoms with Crippen LogP contribution in [0.1, 0.15) is 20.3 Å². The number of fused-ring (bicyclic) bond motifs is 1. The molecule has 0 aromatic carbocycles. The summed E-state index contributed by atoms with van der Waals surface area (Å²) in [7, 11) is -3.66. The number of rotatable bonds is 8. The standard InChI is InChI=1S/C12H20N4O3S2/c1-3-13-10-11(16-7-9-20-12(16)14-10)21(18,19)15(4-2)6-5-8-17/h7,9,13,17H,3-6,8H2,1-2H3. The van der Waals surface area contributed by atoms with Crippen molar-refractivity contribution >= 4 is 32.1 Å². The highest BCUT2D eigenvalue weighted by molar-refractivity contribution is 7.89. The van der Waals surface area contributed by atoms with Gasteiger partial charge in [-0.05, 0) is 13.3 Å². The molecule has 2 heterocycles. The Labute approximate surface area is 128 Å². The van der Waals surface area contributed by atoms with E-state index in [4.69, 9.17) is 5.11 Å². The summed E-state index contributed by atoms with van der Waals surface area (Å²) in [5.41, 5.74) is 0. The average molecular weight is 332 g/mol. The van der Waals surface area contributed by atoms with Crippen LogP contribution in [0.2, 0.25) is 0 Å². The van der Waals surface area contributed by atoms with Gasteiger partial charge in [-0.1, -0.05) is 6.92 Å². The van der Waals surface area contributed by atoms with Gasteiger partial charge in [0.05, 0.1) is 0 Å². The molecule has 9 heteroatoms. The summed E-state index contributed by atoms with van der Waals surface area (Å²) in [4.78, 5) is 4.98. The molecule has 0 saturated carbocycles. The van der Waals surface area contributed by atoms with Crippen LogP contribution in [0.25, 0.3) is 4.96 Å². The summed E-state index contributed by atoms with van der Waals surface area (Å²) in [5.74, 6) is 0.381. The number of thiazole rings is 1. The van der Waals surface area contributed by atoms with E-state index in [1.54, 1.807) is 22.9 Å². The lowest BCUT2D eigenvalue weighted by Crippen LogP contribution is -2.33. The lowest BCUT2D eigenvalue weighted by molar-refractivity contribution is 0.271. The number of hydrogen-bond donors (Lipinski definition) is 2. The fraction of sp³-hybridized carbons (Fsp3) is 0.583. The molecule has 0 fully saturated rings. The normalized spacial score (nSPS) is 12.4. The van der Waals surface area contributed by atoms with E-state index < -0.39 is 10.0 Å². The van der Waals surface area contributed by atoms with E-state index in [1.165, 1.54) is 15.6 Å². The molecule has 2 rings (SSSR count). The zero-order chi connectivity index (χ0) is 15.5. The maximum atomic E-state index is 12.9. The highest BCUT2D eigenvalue weighted by Gasteiger charge is 2.30. The maximum absolute atomic E-state index is 12.9. The topological polar surface area (TPSA) is 86.9 Å². The quantitative estimate of drug-likeness (QED) is 0.759. The summed E-state index contributed by atoms with van der Waals surface area (Å²) in [6.07, 6.45) is 2.12. The summed E-state index contributed by atoms with van der Waals surface area (Å²) >= 11 is 1.39. The fourth-order valence-electron chi connectivity index (χ4n) is 2.11. The van der Waals surface area contributed by atoms with Crippen molar-refractivity contribution < 1.29 is 13.5 Å². The van der Waals surface area contributed by atoms with Crippen LogP contribution in [0.15, 0.2) is 16.6 Å². The smallest absolute Gasteiger partial charge is 0.262 e. The van der Waals surface area contributed by atoms with Gasteiger partial charge in [0.1, 0.15) is 0 Å². The third kappa shape index (κ3) is 3.05.